The number of hydrogen-bond acceptors (Lipinski definition) is 4. The van der Waals surface area contributed by atoms with Gasteiger partial charge >= 0.3 is 0 Å². The quantitative estimate of drug-likeness (QED) is 0.730. The van der Waals surface area contributed by atoms with Crippen LogP contribution in [0.25, 0.3) is 10.9 Å². The zero-order chi connectivity index (χ0) is 23.0. The molecule has 0 bridgehead atoms. The van der Waals surface area contributed by atoms with E-state index >= 15 is 0 Å². The Balaban J connectivity index is 1.49. The number of amides is 2. The van der Waals surface area contributed by atoms with E-state index < -0.39 is 5.54 Å². The summed E-state index contributed by atoms with van der Waals surface area (Å²) in [5.41, 5.74) is 0.659. The molecule has 1 aromatic carbocycles. The standard InChI is InChI=1S/C26H36N4O3/c1-26(25(32)27-20-8-4-3-5-9-20)18-29-22-17-21(33-2)11-10-19(22)16-23(29)24(31)30(26)15-14-28-12-6-7-13-28/h10-11,16-17,20H,3-9,12-15,18H2,1-2H3,(H,27,32)/t26-/m1/s1. The molecule has 33 heavy (non-hydrogen) atoms. The number of carbonyl (C=O) groups is 2. The molecule has 3 heterocycles. The molecule has 1 N–H and O–H groups in total. The second-order valence-corrected chi connectivity index (χ2v) is 10.1. The highest BCUT2D eigenvalue weighted by atomic mass is 16.5. The first-order valence-electron chi connectivity index (χ1n) is 12.5. The molecule has 5 rings (SSSR count). The van der Waals surface area contributed by atoms with E-state index in [2.05, 4.69) is 10.2 Å². The minimum atomic E-state index is -0.934. The lowest BCUT2D eigenvalue weighted by molar-refractivity contribution is -0.133. The second-order valence-electron chi connectivity index (χ2n) is 10.1. The van der Waals surface area contributed by atoms with E-state index in [4.69, 9.17) is 4.74 Å². The largest absolute Gasteiger partial charge is 0.497 e. The fourth-order valence-electron chi connectivity index (χ4n) is 5.84. The lowest BCUT2D eigenvalue weighted by Crippen LogP contribution is -2.65. The van der Waals surface area contributed by atoms with E-state index in [-0.39, 0.29) is 17.9 Å². The molecule has 0 unspecified atom stereocenters. The van der Waals surface area contributed by atoms with E-state index in [1.165, 1.54) is 19.3 Å². The van der Waals surface area contributed by atoms with Crippen molar-refractivity contribution in [2.45, 2.75) is 70.0 Å². The van der Waals surface area contributed by atoms with Crippen LogP contribution in [0.2, 0.25) is 0 Å². The highest BCUT2D eigenvalue weighted by Gasteiger charge is 2.48. The maximum absolute atomic E-state index is 13.8. The first-order chi connectivity index (χ1) is 16.0. The van der Waals surface area contributed by atoms with Gasteiger partial charge in [0.05, 0.1) is 19.2 Å². The summed E-state index contributed by atoms with van der Waals surface area (Å²) in [6.07, 6.45) is 8.03. The third-order valence-corrected chi connectivity index (χ3v) is 7.91. The first-order valence-corrected chi connectivity index (χ1v) is 12.5. The molecule has 7 nitrogen and oxygen atoms in total. The average molecular weight is 453 g/mol. The van der Waals surface area contributed by atoms with Gasteiger partial charge in [0.2, 0.25) is 5.91 Å². The molecule has 1 saturated carbocycles. The van der Waals surface area contributed by atoms with Crippen molar-refractivity contribution < 1.29 is 14.3 Å². The maximum atomic E-state index is 13.8. The Morgan fingerprint density at radius 2 is 1.85 bits per heavy atom. The Bertz CT molecular complexity index is 1040. The van der Waals surface area contributed by atoms with Crippen LogP contribution in [0, 0.1) is 0 Å². The summed E-state index contributed by atoms with van der Waals surface area (Å²) in [5, 5.41) is 4.31. The summed E-state index contributed by atoms with van der Waals surface area (Å²) in [6.45, 7) is 5.93. The fraction of sp³-hybridized carbons (Fsp3) is 0.615. The predicted octanol–water partition coefficient (Wildman–Crippen LogP) is 3.41. The Hall–Kier alpha value is -2.54. The van der Waals surface area contributed by atoms with Gasteiger partial charge in [0.1, 0.15) is 17.0 Å². The normalized spacial score (nSPS) is 24.3. The second kappa shape index (κ2) is 9.01. The zero-order valence-corrected chi connectivity index (χ0v) is 19.9. The van der Waals surface area contributed by atoms with Crippen LogP contribution < -0.4 is 10.1 Å². The molecule has 2 fully saturated rings. The molecule has 1 saturated heterocycles. The summed E-state index contributed by atoms with van der Waals surface area (Å²) in [5.74, 6) is 0.664. The Morgan fingerprint density at radius 3 is 2.58 bits per heavy atom. The minimum Gasteiger partial charge on any atom is -0.497 e. The number of rotatable bonds is 6. The van der Waals surface area contributed by atoms with Crippen LogP contribution >= 0.6 is 0 Å². The van der Waals surface area contributed by atoms with Gasteiger partial charge in [-0.25, -0.2) is 0 Å². The number of hydrogen-bond donors (Lipinski definition) is 1. The van der Waals surface area contributed by atoms with Crippen LogP contribution in [0.5, 0.6) is 5.75 Å². The number of nitrogens with zero attached hydrogens (tertiary/aromatic N) is 3. The molecule has 2 aromatic rings. The van der Waals surface area contributed by atoms with E-state index in [9.17, 15) is 9.59 Å². The predicted molar refractivity (Wildman–Crippen MR) is 129 cm³/mol. The number of ether oxygens (including phenoxy) is 1. The summed E-state index contributed by atoms with van der Waals surface area (Å²) < 4.78 is 7.45. The molecule has 1 aromatic heterocycles. The van der Waals surface area contributed by atoms with Crippen LogP contribution in [0.3, 0.4) is 0 Å². The smallest absolute Gasteiger partial charge is 0.271 e. The third kappa shape index (κ3) is 4.12. The Kier molecular flexibility index (Phi) is 6.08. The van der Waals surface area contributed by atoms with Crippen molar-refractivity contribution in [1.82, 2.24) is 19.7 Å². The Morgan fingerprint density at radius 1 is 1.09 bits per heavy atom. The number of carbonyl (C=O) groups excluding carboxylic acids is 2. The number of aromatic nitrogens is 1. The highest BCUT2D eigenvalue weighted by Crippen LogP contribution is 2.34. The topological polar surface area (TPSA) is 66.8 Å². The third-order valence-electron chi connectivity index (χ3n) is 7.91. The minimum absolute atomic E-state index is 0.0282. The fourth-order valence-corrected chi connectivity index (χ4v) is 5.84. The van der Waals surface area contributed by atoms with Gasteiger partial charge in [-0.05, 0) is 63.9 Å². The SMILES string of the molecule is COc1ccc2cc3n(c2c1)C[C@](C)(C(=O)NC1CCCCC1)N(CCN1CCCC1)C3=O. The monoisotopic (exact) mass is 452 g/mol. The Labute approximate surface area is 196 Å². The molecular weight excluding hydrogens is 416 g/mol. The molecule has 178 valence electrons. The van der Waals surface area contributed by atoms with Crippen molar-refractivity contribution in [3.05, 3.63) is 30.0 Å². The van der Waals surface area contributed by atoms with Crippen molar-refractivity contribution in [2.24, 2.45) is 0 Å². The molecule has 2 amide bonds. The van der Waals surface area contributed by atoms with Crippen molar-refractivity contribution >= 4 is 22.7 Å². The molecule has 0 spiro atoms. The van der Waals surface area contributed by atoms with Crippen LogP contribution in [0.1, 0.15) is 62.4 Å². The van der Waals surface area contributed by atoms with E-state index in [1.54, 1.807) is 7.11 Å². The van der Waals surface area contributed by atoms with Crippen molar-refractivity contribution in [2.75, 3.05) is 33.3 Å². The molecule has 7 heteroatoms. The van der Waals surface area contributed by atoms with Gasteiger partial charge in [0.25, 0.3) is 5.91 Å². The number of benzene rings is 1. The summed E-state index contributed by atoms with van der Waals surface area (Å²) >= 11 is 0. The lowest BCUT2D eigenvalue weighted by atomic mass is 9.91. The van der Waals surface area contributed by atoms with Gasteiger partial charge in [-0.3, -0.25) is 9.59 Å². The molecule has 3 aliphatic rings. The van der Waals surface area contributed by atoms with Gasteiger partial charge < -0.3 is 24.4 Å². The number of fused-ring (bicyclic) bond motifs is 3. The number of likely N-dealkylation sites (tertiary alicyclic amines) is 1. The number of methoxy groups -OCH3 is 1. The summed E-state index contributed by atoms with van der Waals surface area (Å²) in [7, 11) is 1.65. The van der Waals surface area contributed by atoms with Crippen LogP contribution in [-0.4, -0.2) is 71.1 Å². The summed E-state index contributed by atoms with van der Waals surface area (Å²) in [6, 6.07) is 8.03. The van der Waals surface area contributed by atoms with Gasteiger partial charge in [-0.15, -0.1) is 0 Å². The van der Waals surface area contributed by atoms with Crippen LogP contribution in [0.15, 0.2) is 24.3 Å². The van der Waals surface area contributed by atoms with E-state index in [0.717, 1.165) is 62.0 Å². The molecule has 1 atom stereocenters. The van der Waals surface area contributed by atoms with Gasteiger partial charge in [-0.2, -0.15) is 0 Å². The number of nitrogens with one attached hydrogen (secondary N) is 1. The van der Waals surface area contributed by atoms with Gasteiger partial charge in [0.15, 0.2) is 0 Å². The van der Waals surface area contributed by atoms with Crippen molar-refractivity contribution in [3.8, 4) is 5.75 Å². The zero-order valence-electron chi connectivity index (χ0n) is 19.9. The van der Waals surface area contributed by atoms with E-state index in [1.807, 2.05) is 40.7 Å². The van der Waals surface area contributed by atoms with Crippen LogP contribution in [0.4, 0.5) is 0 Å². The highest BCUT2D eigenvalue weighted by molar-refractivity contribution is 6.03. The van der Waals surface area contributed by atoms with Gasteiger partial charge in [-0.1, -0.05) is 19.3 Å². The van der Waals surface area contributed by atoms with Crippen molar-refractivity contribution in [1.29, 1.82) is 0 Å². The lowest BCUT2D eigenvalue weighted by Gasteiger charge is -2.45. The van der Waals surface area contributed by atoms with Gasteiger partial charge in [0, 0.05) is 30.6 Å². The average Bonchev–Trinajstić information content (AvgIpc) is 3.47. The molecule has 1 aliphatic carbocycles. The van der Waals surface area contributed by atoms with Crippen LogP contribution in [-0.2, 0) is 11.3 Å². The van der Waals surface area contributed by atoms with E-state index in [0.29, 0.717) is 18.8 Å². The van der Waals surface area contributed by atoms with Crippen molar-refractivity contribution in [3.63, 3.8) is 0 Å². The molecule has 0 radical (unpaired) electrons. The maximum Gasteiger partial charge on any atom is 0.271 e. The molecule has 2 aliphatic heterocycles. The first kappa shape index (κ1) is 22.3. The summed E-state index contributed by atoms with van der Waals surface area (Å²) in [4.78, 5) is 31.9. The molecular formula is C26H36N4O3.